The van der Waals surface area contributed by atoms with Crippen LogP contribution in [-0.2, 0) is 0 Å². The van der Waals surface area contributed by atoms with Gasteiger partial charge in [0.1, 0.15) is 5.82 Å². The number of benzene rings is 2. The molecule has 24 heavy (non-hydrogen) atoms. The fraction of sp³-hybridized carbons (Fsp3) is 0. The summed E-state index contributed by atoms with van der Waals surface area (Å²) in [5.74, 6) is -1.21. The van der Waals surface area contributed by atoms with Gasteiger partial charge in [0, 0.05) is 10.9 Å². The van der Waals surface area contributed by atoms with Crippen LogP contribution >= 0.6 is 11.6 Å². The van der Waals surface area contributed by atoms with Gasteiger partial charge in [0.25, 0.3) is 11.5 Å². The van der Waals surface area contributed by atoms with E-state index in [1.807, 2.05) is 0 Å². The Morgan fingerprint density at radius 1 is 1.21 bits per heavy atom. The third-order valence-electron chi connectivity index (χ3n) is 3.27. The number of nitrogens with zero attached hydrogens (tertiary/aromatic N) is 2. The molecule has 2 N–H and O–H groups in total. The summed E-state index contributed by atoms with van der Waals surface area (Å²) in [6.45, 7) is 0. The second-order valence-corrected chi connectivity index (χ2v) is 5.19. The SMILES string of the molecule is O=C(N/N=C\c1c(F)cccc1Cl)c1n[nH]c(=O)c2ccccc12. The van der Waals surface area contributed by atoms with E-state index < -0.39 is 17.3 Å². The van der Waals surface area contributed by atoms with Gasteiger partial charge < -0.3 is 0 Å². The van der Waals surface area contributed by atoms with Crippen molar-refractivity contribution >= 4 is 34.5 Å². The molecule has 3 aromatic rings. The summed E-state index contributed by atoms with van der Waals surface area (Å²) in [7, 11) is 0. The first-order valence-electron chi connectivity index (χ1n) is 6.83. The lowest BCUT2D eigenvalue weighted by Gasteiger charge is -2.03. The van der Waals surface area contributed by atoms with Crippen LogP contribution in [0.15, 0.2) is 52.4 Å². The van der Waals surface area contributed by atoms with E-state index in [9.17, 15) is 14.0 Å². The minimum atomic E-state index is -0.647. The maximum absolute atomic E-state index is 13.6. The molecular weight excluding hydrogens is 335 g/mol. The highest BCUT2D eigenvalue weighted by Crippen LogP contribution is 2.16. The van der Waals surface area contributed by atoms with Gasteiger partial charge >= 0.3 is 0 Å². The molecule has 0 spiro atoms. The summed E-state index contributed by atoms with van der Waals surface area (Å²) in [5.41, 5.74) is 1.89. The topological polar surface area (TPSA) is 87.2 Å². The summed E-state index contributed by atoms with van der Waals surface area (Å²) < 4.78 is 13.6. The molecule has 1 heterocycles. The number of rotatable bonds is 3. The molecule has 0 unspecified atom stereocenters. The highest BCUT2D eigenvalue weighted by molar-refractivity contribution is 6.33. The summed E-state index contributed by atoms with van der Waals surface area (Å²) in [5, 5.41) is 10.6. The first kappa shape index (κ1) is 15.8. The number of aromatic amines is 1. The average molecular weight is 345 g/mol. The smallest absolute Gasteiger partial charge is 0.267 e. The van der Waals surface area contributed by atoms with E-state index in [-0.39, 0.29) is 16.3 Å². The average Bonchev–Trinajstić information content (AvgIpc) is 2.58. The molecule has 0 bridgehead atoms. The lowest BCUT2D eigenvalue weighted by molar-refractivity contribution is 0.0951. The van der Waals surface area contributed by atoms with Crippen LogP contribution in [0.5, 0.6) is 0 Å². The minimum absolute atomic E-state index is 0.00183. The zero-order valence-corrected chi connectivity index (χ0v) is 12.8. The van der Waals surface area contributed by atoms with Crippen LogP contribution in [0.2, 0.25) is 5.02 Å². The molecule has 0 aliphatic heterocycles. The standard InChI is InChI=1S/C16H10ClFN4O2/c17-12-6-3-7-13(18)11(12)8-19-21-16(24)14-9-4-1-2-5-10(9)15(23)22-20-14/h1-8H,(H,21,24)(H,22,23)/b19-8-. The summed E-state index contributed by atoms with van der Waals surface area (Å²) in [4.78, 5) is 23.9. The van der Waals surface area contributed by atoms with Crippen molar-refractivity contribution in [3.05, 3.63) is 74.9 Å². The van der Waals surface area contributed by atoms with Crippen LogP contribution in [-0.4, -0.2) is 22.3 Å². The van der Waals surface area contributed by atoms with E-state index in [2.05, 4.69) is 20.7 Å². The zero-order valence-electron chi connectivity index (χ0n) is 12.1. The van der Waals surface area contributed by atoms with Crippen LogP contribution in [0, 0.1) is 5.82 Å². The van der Waals surface area contributed by atoms with Crippen LogP contribution in [0.3, 0.4) is 0 Å². The van der Waals surface area contributed by atoms with Gasteiger partial charge in [0.2, 0.25) is 0 Å². The van der Waals surface area contributed by atoms with Gasteiger partial charge in [-0.1, -0.05) is 35.9 Å². The number of carbonyl (C=O) groups excluding carboxylic acids is 1. The molecule has 0 aliphatic rings. The summed E-state index contributed by atoms with van der Waals surface area (Å²) >= 11 is 5.86. The Bertz CT molecular complexity index is 996. The summed E-state index contributed by atoms with van der Waals surface area (Å²) in [6.07, 6.45) is 1.10. The Morgan fingerprint density at radius 2 is 1.96 bits per heavy atom. The van der Waals surface area contributed by atoms with Crippen LogP contribution in [0.4, 0.5) is 4.39 Å². The molecule has 1 amide bonds. The number of hydrogen-bond donors (Lipinski definition) is 2. The maximum Gasteiger partial charge on any atom is 0.292 e. The Morgan fingerprint density at radius 3 is 2.71 bits per heavy atom. The number of hydrogen-bond acceptors (Lipinski definition) is 4. The van der Waals surface area contributed by atoms with Gasteiger partial charge in [-0.2, -0.15) is 10.2 Å². The number of carbonyl (C=O) groups is 1. The lowest BCUT2D eigenvalue weighted by atomic mass is 10.1. The number of H-pyrrole nitrogens is 1. The van der Waals surface area contributed by atoms with E-state index in [1.165, 1.54) is 18.2 Å². The number of amides is 1. The molecule has 120 valence electrons. The number of halogens is 2. The second-order valence-electron chi connectivity index (χ2n) is 4.78. The number of fused-ring (bicyclic) bond motifs is 1. The largest absolute Gasteiger partial charge is 0.292 e. The second kappa shape index (κ2) is 6.59. The predicted octanol–water partition coefficient (Wildman–Crippen LogP) is 2.48. The fourth-order valence-electron chi connectivity index (χ4n) is 2.13. The molecule has 1 aromatic heterocycles. The van der Waals surface area contributed by atoms with Crippen LogP contribution in [0.1, 0.15) is 16.1 Å². The van der Waals surface area contributed by atoms with Crippen molar-refractivity contribution in [3.8, 4) is 0 Å². The van der Waals surface area contributed by atoms with E-state index in [0.717, 1.165) is 6.21 Å². The van der Waals surface area contributed by atoms with Crippen molar-refractivity contribution in [2.24, 2.45) is 5.10 Å². The molecule has 0 saturated carbocycles. The lowest BCUT2D eigenvalue weighted by Crippen LogP contribution is -2.22. The van der Waals surface area contributed by atoms with Crippen molar-refractivity contribution in [2.75, 3.05) is 0 Å². The molecule has 0 saturated heterocycles. The van der Waals surface area contributed by atoms with Gasteiger partial charge in [0.15, 0.2) is 5.69 Å². The van der Waals surface area contributed by atoms with Crippen molar-refractivity contribution in [3.63, 3.8) is 0 Å². The van der Waals surface area contributed by atoms with Gasteiger partial charge in [-0.05, 0) is 18.2 Å². The molecule has 8 heteroatoms. The third kappa shape index (κ3) is 3.02. The normalized spacial score (nSPS) is 11.1. The molecular formula is C16H10ClFN4O2. The van der Waals surface area contributed by atoms with Gasteiger partial charge in [0.05, 0.1) is 16.6 Å². The van der Waals surface area contributed by atoms with Crippen LogP contribution < -0.4 is 11.0 Å². The minimum Gasteiger partial charge on any atom is -0.267 e. The van der Waals surface area contributed by atoms with Crippen molar-refractivity contribution in [2.45, 2.75) is 0 Å². The molecule has 0 fully saturated rings. The first-order valence-corrected chi connectivity index (χ1v) is 7.20. The quantitative estimate of drug-likeness (QED) is 0.565. The third-order valence-corrected chi connectivity index (χ3v) is 3.60. The Hall–Kier alpha value is -3.06. The highest BCUT2D eigenvalue weighted by atomic mass is 35.5. The highest BCUT2D eigenvalue weighted by Gasteiger charge is 2.13. The van der Waals surface area contributed by atoms with E-state index in [1.54, 1.807) is 24.3 Å². The molecule has 0 atom stereocenters. The molecule has 0 aliphatic carbocycles. The zero-order chi connectivity index (χ0) is 17.1. The Kier molecular flexibility index (Phi) is 4.35. The van der Waals surface area contributed by atoms with E-state index in [4.69, 9.17) is 11.6 Å². The Balaban J connectivity index is 1.88. The molecule has 0 radical (unpaired) electrons. The number of nitrogens with one attached hydrogen (secondary N) is 2. The van der Waals surface area contributed by atoms with Crippen LogP contribution in [0.25, 0.3) is 10.8 Å². The van der Waals surface area contributed by atoms with Gasteiger partial charge in [-0.15, -0.1) is 0 Å². The number of aromatic nitrogens is 2. The van der Waals surface area contributed by atoms with Crippen molar-refractivity contribution < 1.29 is 9.18 Å². The monoisotopic (exact) mass is 344 g/mol. The number of hydrazone groups is 1. The van der Waals surface area contributed by atoms with Crippen molar-refractivity contribution in [1.29, 1.82) is 0 Å². The van der Waals surface area contributed by atoms with Crippen molar-refractivity contribution in [1.82, 2.24) is 15.6 Å². The molecule has 3 rings (SSSR count). The molecule has 6 nitrogen and oxygen atoms in total. The maximum atomic E-state index is 13.6. The van der Waals surface area contributed by atoms with E-state index in [0.29, 0.717) is 10.8 Å². The van der Waals surface area contributed by atoms with Gasteiger partial charge in [-0.3, -0.25) is 9.59 Å². The summed E-state index contributed by atoms with van der Waals surface area (Å²) in [6, 6.07) is 10.7. The first-order chi connectivity index (χ1) is 11.6. The predicted molar refractivity (Wildman–Crippen MR) is 88.8 cm³/mol. The molecule has 2 aromatic carbocycles. The fourth-order valence-corrected chi connectivity index (χ4v) is 2.34. The van der Waals surface area contributed by atoms with Gasteiger partial charge in [-0.25, -0.2) is 14.9 Å². The Labute approximate surface area is 140 Å². The van der Waals surface area contributed by atoms with E-state index >= 15 is 0 Å².